The second kappa shape index (κ2) is 7.72. The Kier molecular flexibility index (Phi) is 5.40. The van der Waals surface area contributed by atoms with Crippen molar-refractivity contribution < 1.29 is 23.8 Å². The van der Waals surface area contributed by atoms with Crippen LogP contribution in [0.5, 0.6) is 5.75 Å². The van der Waals surface area contributed by atoms with Crippen LogP contribution in [0.4, 0.5) is 0 Å². The van der Waals surface area contributed by atoms with Gasteiger partial charge >= 0.3 is 5.97 Å². The predicted octanol–water partition coefficient (Wildman–Crippen LogP) is 3.12. The van der Waals surface area contributed by atoms with Crippen molar-refractivity contribution in [3.8, 4) is 5.75 Å². The second-order valence-corrected chi connectivity index (χ2v) is 6.05. The van der Waals surface area contributed by atoms with Crippen molar-refractivity contribution in [2.75, 3.05) is 26.9 Å². The maximum Gasteiger partial charge on any atom is 0.371 e. The maximum atomic E-state index is 11.2. The van der Waals surface area contributed by atoms with Crippen LogP contribution in [0.3, 0.4) is 0 Å². The Morgan fingerprint density at radius 2 is 2.12 bits per heavy atom. The minimum atomic E-state index is -1.03. The number of nitrogens with zero attached hydrogens (tertiary/aromatic N) is 1. The number of aromatic carboxylic acids is 1. The average molecular weight is 345 g/mol. The van der Waals surface area contributed by atoms with Crippen LogP contribution in [0.25, 0.3) is 0 Å². The SMILES string of the molecule is CCc1oc(C(=O)O)cc1CN1CCOC[C@H]1c1ccc(OC)cc1. The van der Waals surface area contributed by atoms with E-state index in [1.165, 1.54) is 0 Å². The number of hydrogen-bond acceptors (Lipinski definition) is 5. The molecule has 6 nitrogen and oxygen atoms in total. The number of hydrogen-bond donors (Lipinski definition) is 1. The first-order chi connectivity index (χ1) is 12.1. The van der Waals surface area contributed by atoms with Gasteiger partial charge in [0.25, 0.3) is 0 Å². The lowest BCUT2D eigenvalue weighted by atomic mass is 10.0. The largest absolute Gasteiger partial charge is 0.497 e. The van der Waals surface area contributed by atoms with E-state index in [0.29, 0.717) is 26.2 Å². The fraction of sp³-hybridized carbons (Fsp3) is 0.421. The Labute approximate surface area is 147 Å². The Hall–Kier alpha value is -2.31. The molecule has 1 aromatic heterocycles. The molecule has 1 aromatic carbocycles. The molecule has 1 fully saturated rings. The van der Waals surface area contributed by atoms with Gasteiger partial charge in [0, 0.05) is 25.1 Å². The molecular formula is C19H23NO5. The summed E-state index contributed by atoms with van der Waals surface area (Å²) in [6.07, 6.45) is 0.667. The molecule has 2 aromatic rings. The third-order valence-corrected chi connectivity index (χ3v) is 4.54. The molecule has 3 rings (SSSR count). The monoisotopic (exact) mass is 345 g/mol. The number of benzene rings is 1. The van der Waals surface area contributed by atoms with Gasteiger partial charge in [-0.05, 0) is 23.8 Å². The first kappa shape index (κ1) is 17.5. The van der Waals surface area contributed by atoms with Gasteiger partial charge in [0.1, 0.15) is 11.5 Å². The summed E-state index contributed by atoms with van der Waals surface area (Å²) in [5.41, 5.74) is 2.08. The van der Waals surface area contributed by atoms with E-state index in [4.69, 9.17) is 19.0 Å². The highest BCUT2D eigenvalue weighted by Gasteiger charge is 2.26. The molecular weight excluding hydrogens is 322 g/mol. The summed E-state index contributed by atoms with van der Waals surface area (Å²) < 4.78 is 16.4. The van der Waals surface area contributed by atoms with Crippen LogP contribution < -0.4 is 4.74 Å². The zero-order valence-electron chi connectivity index (χ0n) is 14.5. The Morgan fingerprint density at radius 3 is 2.76 bits per heavy atom. The molecule has 6 heteroatoms. The van der Waals surface area contributed by atoms with Crippen LogP contribution >= 0.6 is 0 Å². The van der Waals surface area contributed by atoms with E-state index in [-0.39, 0.29) is 11.8 Å². The van der Waals surface area contributed by atoms with Gasteiger partial charge in [0.2, 0.25) is 5.76 Å². The number of morpholine rings is 1. The predicted molar refractivity (Wildman–Crippen MR) is 92.0 cm³/mol. The van der Waals surface area contributed by atoms with Crippen LogP contribution in [0.15, 0.2) is 34.7 Å². The topological polar surface area (TPSA) is 72.1 Å². The van der Waals surface area contributed by atoms with Crippen molar-refractivity contribution in [3.63, 3.8) is 0 Å². The number of rotatable bonds is 6. The minimum Gasteiger partial charge on any atom is -0.497 e. The zero-order valence-corrected chi connectivity index (χ0v) is 14.5. The summed E-state index contributed by atoms with van der Waals surface area (Å²) >= 11 is 0. The number of methoxy groups -OCH3 is 1. The molecule has 0 bridgehead atoms. The van der Waals surface area contributed by atoms with Gasteiger partial charge in [0.15, 0.2) is 0 Å². The first-order valence-corrected chi connectivity index (χ1v) is 8.43. The van der Waals surface area contributed by atoms with Crippen LogP contribution in [0.2, 0.25) is 0 Å². The Morgan fingerprint density at radius 1 is 1.36 bits per heavy atom. The van der Waals surface area contributed by atoms with E-state index in [9.17, 15) is 4.79 Å². The third-order valence-electron chi connectivity index (χ3n) is 4.54. The standard InChI is InChI=1S/C19H23NO5/c1-3-17-14(10-18(25-17)19(21)22)11-20-8-9-24-12-16(20)13-4-6-15(23-2)7-5-13/h4-7,10,16H,3,8-9,11-12H2,1-2H3,(H,21,22)/t16-/m0/s1. The van der Waals surface area contributed by atoms with Crippen LogP contribution in [0.1, 0.15) is 40.4 Å². The molecule has 0 aliphatic carbocycles. The number of carboxylic acids is 1. The average Bonchev–Trinajstić information content (AvgIpc) is 3.05. The lowest BCUT2D eigenvalue weighted by molar-refractivity contribution is -0.0129. The molecule has 2 heterocycles. The van der Waals surface area contributed by atoms with Crippen molar-refractivity contribution in [3.05, 3.63) is 53.0 Å². The Bertz CT molecular complexity index is 722. The number of furan rings is 1. The molecule has 0 saturated carbocycles. The van der Waals surface area contributed by atoms with Gasteiger partial charge in [0.05, 0.1) is 26.4 Å². The van der Waals surface area contributed by atoms with Crippen molar-refractivity contribution >= 4 is 5.97 Å². The van der Waals surface area contributed by atoms with E-state index in [0.717, 1.165) is 29.2 Å². The van der Waals surface area contributed by atoms with Crippen LogP contribution in [-0.2, 0) is 17.7 Å². The molecule has 0 radical (unpaired) electrons. The van der Waals surface area contributed by atoms with Crippen molar-refractivity contribution in [2.24, 2.45) is 0 Å². The zero-order chi connectivity index (χ0) is 17.8. The van der Waals surface area contributed by atoms with Crippen molar-refractivity contribution in [1.29, 1.82) is 0 Å². The first-order valence-electron chi connectivity index (χ1n) is 8.43. The van der Waals surface area contributed by atoms with Gasteiger partial charge in [-0.2, -0.15) is 0 Å². The lowest BCUT2D eigenvalue weighted by Crippen LogP contribution is -2.39. The molecule has 1 saturated heterocycles. The smallest absolute Gasteiger partial charge is 0.371 e. The van der Waals surface area contributed by atoms with Crippen LogP contribution in [0, 0.1) is 0 Å². The highest BCUT2D eigenvalue weighted by molar-refractivity contribution is 5.84. The van der Waals surface area contributed by atoms with E-state index in [1.807, 2.05) is 31.2 Å². The summed E-state index contributed by atoms with van der Waals surface area (Å²) in [5, 5.41) is 9.16. The second-order valence-electron chi connectivity index (χ2n) is 6.05. The number of ether oxygens (including phenoxy) is 2. The summed E-state index contributed by atoms with van der Waals surface area (Å²) in [7, 11) is 1.65. The van der Waals surface area contributed by atoms with E-state index in [1.54, 1.807) is 13.2 Å². The summed E-state index contributed by atoms with van der Waals surface area (Å²) in [6, 6.07) is 9.74. The molecule has 1 atom stereocenters. The number of aryl methyl sites for hydroxylation is 1. The quantitative estimate of drug-likeness (QED) is 0.867. The minimum absolute atomic E-state index is 0.00102. The normalized spacial score (nSPS) is 18.2. The van der Waals surface area contributed by atoms with E-state index < -0.39 is 5.97 Å². The molecule has 0 unspecified atom stereocenters. The maximum absolute atomic E-state index is 11.2. The molecule has 134 valence electrons. The van der Waals surface area contributed by atoms with Gasteiger partial charge < -0.3 is 19.0 Å². The van der Waals surface area contributed by atoms with Gasteiger partial charge in [-0.1, -0.05) is 19.1 Å². The molecule has 1 aliphatic heterocycles. The van der Waals surface area contributed by atoms with Crippen molar-refractivity contribution in [1.82, 2.24) is 4.90 Å². The van der Waals surface area contributed by atoms with Crippen LogP contribution in [-0.4, -0.2) is 42.8 Å². The van der Waals surface area contributed by atoms with Gasteiger partial charge in [-0.3, -0.25) is 4.90 Å². The molecule has 1 aliphatic rings. The lowest BCUT2D eigenvalue weighted by Gasteiger charge is -2.35. The van der Waals surface area contributed by atoms with E-state index >= 15 is 0 Å². The molecule has 0 spiro atoms. The fourth-order valence-electron chi connectivity index (χ4n) is 3.18. The van der Waals surface area contributed by atoms with Gasteiger partial charge in [-0.25, -0.2) is 4.79 Å². The molecule has 1 N–H and O–H groups in total. The highest BCUT2D eigenvalue weighted by Crippen LogP contribution is 2.29. The number of carbonyl (C=O) groups is 1. The molecule has 0 amide bonds. The summed E-state index contributed by atoms with van der Waals surface area (Å²) in [4.78, 5) is 13.5. The van der Waals surface area contributed by atoms with E-state index in [2.05, 4.69) is 4.90 Å². The fourth-order valence-corrected chi connectivity index (χ4v) is 3.18. The third kappa shape index (κ3) is 3.86. The van der Waals surface area contributed by atoms with Gasteiger partial charge in [-0.15, -0.1) is 0 Å². The van der Waals surface area contributed by atoms with Crippen molar-refractivity contribution in [2.45, 2.75) is 25.9 Å². The summed E-state index contributed by atoms with van der Waals surface area (Å²) in [6.45, 7) is 4.66. The Balaban J connectivity index is 1.82. The summed E-state index contributed by atoms with van der Waals surface area (Å²) in [5.74, 6) is 0.523. The molecule has 25 heavy (non-hydrogen) atoms. The number of carboxylic acid groups (broad SMARTS) is 1. The highest BCUT2D eigenvalue weighted by atomic mass is 16.5.